The van der Waals surface area contributed by atoms with Crippen molar-refractivity contribution in [1.82, 2.24) is 4.98 Å². The van der Waals surface area contributed by atoms with Gasteiger partial charge in [-0.15, -0.1) is 0 Å². The van der Waals surface area contributed by atoms with E-state index < -0.39 is 0 Å². The molecule has 0 saturated heterocycles. The van der Waals surface area contributed by atoms with E-state index in [1.165, 1.54) is 0 Å². The van der Waals surface area contributed by atoms with Crippen molar-refractivity contribution in [1.29, 1.82) is 0 Å². The SMILES string of the molecule is CC(Nc1ccc(Br)cn1)c1cccc(NC(=O)c2ccccc2)c1. The minimum absolute atomic E-state index is 0.0576. The standard InChI is InChI=1S/C20H18BrN3O/c1-14(23-19-11-10-17(21)13-22-19)16-8-5-9-18(12-16)24-20(25)15-6-3-2-4-7-15/h2-14H,1H3,(H,22,23)(H,24,25). The molecule has 0 fully saturated rings. The largest absolute Gasteiger partial charge is 0.364 e. The number of aromatic nitrogens is 1. The third kappa shape index (κ3) is 4.67. The normalized spacial score (nSPS) is 11.6. The van der Waals surface area contributed by atoms with Crippen LogP contribution in [0, 0.1) is 0 Å². The van der Waals surface area contributed by atoms with Crippen LogP contribution in [0.1, 0.15) is 28.9 Å². The number of nitrogens with zero attached hydrogens (tertiary/aromatic N) is 1. The van der Waals surface area contributed by atoms with Gasteiger partial charge < -0.3 is 10.6 Å². The lowest BCUT2D eigenvalue weighted by Gasteiger charge is -2.16. The van der Waals surface area contributed by atoms with E-state index in [1.54, 1.807) is 18.3 Å². The van der Waals surface area contributed by atoms with Gasteiger partial charge in [0.05, 0.1) is 6.04 Å². The van der Waals surface area contributed by atoms with Crippen molar-refractivity contribution in [2.24, 2.45) is 0 Å². The molecule has 0 saturated carbocycles. The van der Waals surface area contributed by atoms with E-state index in [0.29, 0.717) is 5.56 Å². The Kier molecular flexibility index (Phi) is 5.46. The summed E-state index contributed by atoms with van der Waals surface area (Å²) in [6, 6.07) is 20.9. The molecule has 1 heterocycles. The number of carbonyl (C=O) groups is 1. The van der Waals surface area contributed by atoms with E-state index in [-0.39, 0.29) is 11.9 Å². The van der Waals surface area contributed by atoms with Crippen LogP contribution in [-0.4, -0.2) is 10.9 Å². The maximum absolute atomic E-state index is 12.3. The van der Waals surface area contributed by atoms with Gasteiger partial charge in [-0.2, -0.15) is 0 Å². The van der Waals surface area contributed by atoms with E-state index in [9.17, 15) is 4.79 Å². The molecule has 25 heavy (non-hydrogen) atoms. The third-order valence-corrected chi connectivity index (χ3v) is 4.24. The Labute approximate surface area is 155 Å². The van der Waals surface area contributed by atoms with Gasteiger partial charge in [0.2, 0.25) is 0 Å². The summed E-state index contributed by atoms with van der Waals surface area (Å²) in [5.74, 6) is 0.683. The highest BCUT2D eigenvalue weighted by atomic mass is 79.9. The lowest BCUT2D eigenvalue weighted by atomic mass is 10.1. The first-order chi connectivity index (χ1) is 12.1. The number of nitrogens with one attached hydrogen (secondary N) is 2. The molecule has 1 amide bonds. The molecule has 0 aliphatic carbocycles. The average Bonchev–Trinajstić information content (AvgIpc) is 2.64. The van der Waals surface area contributed by atoms with Gasteiger partial charge in [0, 0.05) is 21.9 Å². The summed E-state index contributed by atoms with van der Waals surface area (Å²) in [5.41, 5.74) is 2.47. The molecule has 1 unspecified atom stereocenters. The van der Waals surface area contributed by atoms with Crippen LogP contribution < -0.4 is 10.6 Å². The monoisotopic (exact) mass is 395 g/mol. The first-order valence-corrected chi connectivity index (χ1v) is 8.75. The van der Waals surface area contributed by atoms with Crippen molar-refractivity contribution in [2.45, 2.75) is 13.0 Å². The lowest BCUT2D eigenvalue weighted by Crippen LogP contribution is -2.13. The molecule has 0 aliphatic heterocycles. The highest BCUT2D eigenvalue weighted by Gasteiger charge is 2.09. The smallest absolute Gasteiger partial charge is 0.255 e. The molecule has 5 heteroatoms. The molecule has 126 valence electrons. The van der Waals surface area contributed by atoms with Crippen molar-refractivity contribution in [2.75, 3.05) is 10.6 Å². The second-order valence-corrected chi connectivity index (χ2v) is 6.59. The highest BCUT2D eigenvalue weighted by molar-refractivity contribution is 9.10. The highest BCUT2D eigenvalue weighted by Crippen LogP contribution is 2.22. The van der Waals surface area contributed by atoms with Crippen molar-refractivity contribution < 1.29 is 4.79 Å². The molecule has 0 radical (unpaired) electrons. The summed E-state index contributed by atoms with van der Waals surface area (Å²) in [7, 11) is 0. The third-order valence-electron chi connectivity index (χ3n) is 3.77. The van der Waals surface area contributed by atoms with Crippen molar-refractivity contribution in [3.05, 3.63) is 88.5 Å². The van der Waals surface area contributed by atoms with E-state index >= 15 is 0 Å². The second-order valence-electron chi connectivity index (χ2n) is 5.67. The lowest BCUT2D eigenvalue weighted by molar-refractivity contribution is 0.102. The Morgan fingerprint density at radius 2 is 1.84 bits per heavy atom. The minimum atomic E-state index is -0.118. The summed E-state index contributed by atoms with van der Waals surface area (Å²) in [6.07, 6.45) is 1.76. The van der Waals surface area contributed by atoms with Gasteiger partial charge in [-0.3, -0.25) is 4.79 Å². The molecule has 1 atom stereocenters. The van der Waals surface area contributed by atoms with Crippen molar-refractivity contribution >= 4 is 33.3 Å². The number of halogens is 1. The van der Waals surface area contributed by atoms with Crippen LogP contribution in [0.4, 0.5) is 11.5 Å². The summed E-state index contributed by atoms with van der Waals surface area (Å²) in [4.78, 5) is 16.6. The van der Waals surface area contributed by atoms with Gasteiger partial charge in [-0.1, -0.05) is 30.3 Å². The summed E-state index contributed by atoms with van der Waals surface area (Å²) < 4.78 is 0.941. The predicted molar refractivity (Wildman–Crippen MR) is 105 cm³/mol. The zero-order chi connectivity index (χ0) is 17.6. The first-order valence-electron chi connectivity index (χ1n) is 7.96. The van der Waals surface area contributed by atoms with Gasteiger partial charge in [0.25, 0.3) is 5.91 Å². The van der Waals surface area contributed by atoms with Crippen LogP contribution in [0.5, 0.6) is 0 Å². The van der Waals surface area contributed by atoms with Crippen molar-refractivity contribution in [3.63, 3.8) is 0 Å². The zero-order valence-corrected chi connectivity index (χ0v) is 15.3. The van der Waals surface area contributed by atoms with Gasteiger partial charge >= 0.3 is 0 Å². The summed E-state index contributed by atoms with van der Waals surface area (Å²) in [6.45, 7) is 2.06. The zero-order valence-electron chi connectivity index (χ0n) is 13.7. The molecule has 0 spiro atoms. The Balaban J connectivity index is 1.70. The molecule has 3 rings (SSSR count). The Hall–Kier alpha value is -2.66. The number of pyridine rings is 1. The Bertz CT molecular complexity index is 850. The molecule has 3 aromatic rings. The van der Waals surface area contributed by atoms with Crippen LogP contribution >= 0.6 is 15.9 Å². The fourth-order valence-electron chi connectivity index (χ4n) is 2.44. The van der Waals surface area contributed by atoms with Crippen LogP contribution in [-0.2, 0) is 0 Å². The molecule has 1 aromatic heterocycles. The molecule has 4 nitrogen and oxygen atoms in total. The van der Waals surface area contributed by atoms with Crippen LogP contribution in [0.15, 0.2) is 77.4 Å². The van der Waals surface area contributed by atoms with Gasteiger partial charge in [0.1, 0.15) is 5.82 Å². The summed E-state index contributed by atoms with van der Waals surface area (Å²) >= 11 is 3.38. The second kappa shape index (κ2) is 7.94. The fourth-order valence-corrected chi connectivity index (χ4v) is 2.68. The first kappa shape index (κ1) is 17.2. The number of rotatable bonds is 5. The number of anilines is 2. The molecular weight excluding hydrogens is 378 g/mol. The van der Waals surface area contributed by atoms with Crippen molar-refractivity contribution in [3.8, 4) is 0 Å². The van der Waals surface area contributed by atoms with Crippen LogP contribution in [0.3, 0.4) is 0 Å². The maximum atomic E-state index is 12.3. The molecular formula is C20H18BrN3O. The maximum Gasteiger partial charge on any atom is 0.255 e. The van der Waals surface area contributed by atoms with Gasteiger partial charge in [-0.05, 0) is 64.8 Å². The number of benzene rings is 2. The van der Waals surface area contributed by atoms with E-state index in [0.717, 1.165) is 21.5 Å². The number of hydrogen-bond donors (Lipinski definition) is 2. The summed E-state index contributed by atoms with van der Waals surface area (Å²) in [5, 5.41) is 6.29. The molecule has 2 N–H and O–H groups in total. The quantitative estimate of drug-likeness (QED) is 0.618. The Morgan fingerprint density at radius 3 is 2.56 bits per heavy atom. The number of amides is 1. The number of hydrogen-bond acceptors (Lipinski definition) is 3. The van der Waals surface area contributed by atoms with Gasteiger partial charge in [-0.25, -0.2) is 4.98 Å². The average molecular weight is 396 g/mol. The molecule has 2 aromatic carbocycles. The van der Waals surface area contributed by atoms with E-state index in [1.807, 2.05) is 54.6 Å². The fraction of sp³-hybridized carbons (Fsp3) is 0.100. The minimum Gasteiger partial charge on any atom is -0.364 e. The van der Waals surface area contributed by atoms with Crippen LogP contribution in [0.25, 0.3) is 0 Å². The Morgan fingerprint density at radius 1 is 1.04 bits per heavy atom. The van der Waals surface area contributed by atoms with E-state index in [2.05, 4.69) is 38.5 Å². The van der Waals surface area contributed by atoms with Crippen LogP contribution in [0.2, 0.25) is 0 Å². The topological polar surface area (TPSA) is 54.0 Å². The molecule has 0 bridgehead atoms. The van der Waals surface area contributed by atoms with E-state index in [4.69, 9.17) is 0 Å². The molecule has 0 aliphatic rings. The number of carbonyl (C=O) groups excluding carboxylic acids is 1. The van der Waals surface area contributed by atoms with Gasteiger partial charge in [0.15, 0.2) is 0 Å². The predicted octanol–water partition coefficient (Wildman–Crippen LogP) is 5.27.